The van der Waals surface area contributed by atoms with Crippen LogP contribution in [0.4, 0.5) is 35.1 Å². The van der Waals surface area contributed by atoms with Gasteiger partial charge < -0.3 is 20.3 Å². The number of nitrogens with two attached hydrogens (primary N) is 1. The number of anilines is 3. The molecular weight excluding hydrogens is 380 g/mol. The van der Waals surface area contributed by atoms with Crippen LogP contribution in [0.5, 0.6) is 5.75 Å². The summed E-state index contributed by atoms with van der Waals surface area (Å²) in [7, 11) is 0. The first-order valence-electron chi connectivity index (χ1n) is 8.78. The van der Waals surface area contributed by atoms with E-state index in [1.54, 1.807) is 6.07 Å². The molecule has 0 radical (unpaired) electrons. The maximum atomic E-state index is 13.6. The van der Waals surface area contributed by atoms with Gasteiger partial charge in [-0.2, -0.15) is 13.8 Å². The highest BCUT2D eigenvalue weighted by Gasteiger charge is 2.34. The van der Waals surface area contributed by atoms with Gasteiger partial charge in [-0.25, -0.2) is 18.7 Å². The Labute approximate surface area is 158 Å². The summed E-state index contributed by atoms with van der Waals surface area (Å²) in [6.45, 7) is -1.75. The Bertz CT molecular complexity index is 856. The van der Waals surface area contributed by atoms with Crippen LogP contribution in [0.1, 0.15) is 6.42 Å². The Hall–Kier alpha value is -2.85. The zero-order valence-corrected chi connectivity index (χ0v) is 14.7. The number of hydrogen-bond acceptors (Lipinski definition) is 7. The van der Waals surface area contributed by atoms with E-state index in [2.05, 4.69) is 19.7 Å². The van der Waals surface area contributed by atoms with Gasteiger partial charge in [0.25, 0.3) is 0 Å². The second kappa shape index (κ2) is 7.28. The Kier molecular flexibility index (Phi) is 4.82. The van der Waals surface area contributed by atoms with Crippen LogP contribution in [0.2, 0.25) is 0 Å². The lowest BCUT2D eigenvalue weighted by atomic mass is 10.2. The molecule has 2 unspecified atom stereocenters. The van der Waals surface area contributed by atoms with E-state index in [0.717, 1.165) is 19.5 Å². The summed E-state index contributed by atoms with van der Waals surface area (Å²) in [6, 6.07) is 2.85. The second-order valence-corrected chi connectivity index (χ2v) is 6.67. The molecule has 2 atom stereocenters. The van der Waals surface area contributed by atoms with Crippen molar-refractivity contribution in [1.82, 2.24) is 15.0 Å². The van der Waals surface area contributed by atoms with Crippen molar-refractivity contribution in [2.75, 3.05) is 41.7 Å². The fourth-order valence-electron chi connectivity index (χ4n) is 3.09. The zero-order valence-electron chi connectivity index (χ0n) is 14.7. The van der Waals surface area contributed by atoms with Gasteiger partial charge in [0, 0.05) is 30.9 Å². The van der Waals surface area contributed by atoms with Crippen molar-refractivity contribution >= 4 is 17.6 Å². The van der Waals surface area contributed by atoms with Crippen LogP contribution in [0, 0.1) is 0 Å². The Morgan fingerprint density at radius 2 is 1.79 bits per heavy atom. The highest BCUT2D eigenvalue weighted by Crippen LogP contribution is 2.32. The summed E-state index contributed by atoms with van der Waals surface area (Å²) >= 11 is 0. The molecular formula is C17H18F4N6O. The third-order valence-corrected chi connectivity index (χ3v) is 4.74. The van der Waals surface area contributed by atoms with Crippen LogP contribution >= 0.6 is 0 Å². The number of pyridine rings is 1. The van der Waals surface area contributed by atoms with Crippen molar-refractivity contribution in [3.8, 4) is 17.0 Å². The minimum Gasteiger partial charge on any atom is -0.431 e. The topological polar surface area (TPSA) is 80.4 Å². The SMILES string of the molecule is Nc1ncc(-c2cc(N3CC(F)C(F)C3)nc(N3CCC3)n2)cc1OC(F)F. The van der Waals surface area contributed by atoms with Gasteiger partial charge >= 0.3 is 6.61 Å². The van der Waals surface area contributed by atoms with Gasteiger partial charge in [-0.3, -0.25) is 0 Å². The third-order valence-electron chi connectivity index (χ3n) is 4.74. The molecule has 0 spiro atoms. The monoisotopic (exact) mass is 398 g/mol. The normalized spacial score (nSPS) is 21.9. The van der Waals surface area contributed by atoms with E-state index in [1.807, 2.05) is 4.90 Å². The molecule has 2 aromatic heterocycles. The van der Waals surface area contributed by atoms with E-state index in [0.29, 0.717) is 23.0 Å². The fraction of sp³-hybridized carbons (Fsp3) is 0.471. The summed E-state index contributed by atoms with van der Waals surface area (Å²) in [4.78, 5) is 16.2. The van der Waals surface area contributed by atoms with Crippen LogP contribution in [0.15, 0.2) is 18.3 Å². The largest absolute Gasteiger partial charge is 0.431 e. The van der Waals surface area contributed by atoms with Gasteiger partial charge in [0.05, 0.1) is 18.8 Å². The smallest absolute Gasteiger partial charge is 0.387 e. The highest BCUT2D eigenvalue weighted by atomic mass is 19.3. The van der Waals surface area contributed by atoms with Crippen molar-refractivity contribution < 1.29 is 22.3 Å². The standard InChI is InChI=1S/C17H18F4N6O/c18-10-7-27(8-11(10)19)14-5-12(24-17(25-14)26-2-1-3-26)9-4-13(28-16(20)21)15(22)23-6-9/h4-6,10-11,16H,1-3,7-8H2,(H2,22,23). The molecule has 4 rings (SSSR count). The lowest BCUT2D eigenvalue weighted by molar-refractivity contribution is -0.0494. The molecule has 2 N–H and O–H groups in total. The Morgan fingerprint density at radius 3 is 2.39 bits per heavy atom. The second-order valence-electron chi connectivity index (χ2n) is 6.67. The summed E-state index contributed by atoms with van der Waals surface area (Å²) in [5, 5.41) is 0. The Morgan fingerprint density at radius 1 is 1.07 bits per heavy atom. The maximum Gasteiger partial charge on any atom is 0.387 e. The molecule has 0 bridgehead atoms. The molecule has 0 aliphatic carbocycles. The molecule has 2 aliphatic rings. The minimum absolute atomic E-state index is 0.114. The van der Waals surface area contributed by atoms with E-state index >= 15 is 0 Å². The van der Waals surface area contributed by atoms with Gasteiger partial charge in [0.1, 0.15) is 5.82 Å². The van der Waals surface area contributed by atoms with E-state index in [-0.39, 0.29) is 24.7 Å². The average molecular weight is 398 g/mol. The number of alkyl halides is 4. The molecule has 2 aliphatic heterocycles. The van der Waals surface area contributed by atoms with Crippen LogP contribution in [-0.4, -0.2) is 60.1 Å². The van der Waals surface area contributed by atoms with Crippen LogP contribution < -0.4 is 20.3 Å². The predicted octanol–water partition coefficient (Wildman–Crippen LogP) is 2.43. The number of rotatable bonds is 5. The number of halogens is 4. The van der Waals surface area contributed by atoms with Crippen LogP contribution in [-0.2, 0) is 0 Å². The molecule has 28 heavy (non-hydrogen) atoms. The predicted molar refractivity (Wildman–Crippen MR) is 95.1 cm³/mol. The summed E-state index contributed by atoms with van der Waals surface area (Å²) in [5.74, 6) is 0.320. The summed E-state index contributed by atoms with van der Waals surface area (Å²) < 4.78 is 56.9. The maximum absolute atomic E-state index is 13.6. The average Bonchev–Trinajstić information content (AvgIpc) is 2.94. The molecule has 2 saturated heterocycles. The fourth-order valence-corrected chi connectivity index (χ4v) is 3.09. The van der Waals surface area contributed by atoms with Gasteiger partial charge in [-0.15, -0.1) is 0 Å². The van der Waals surface area contributed by atoms with E-state index < -0.39 is 19.0 Å². The Balaban J connectivity index is 1.73. The zero-order chi connectivity index (χ0) is 19.8. The van der Waals surface area contributed by atoms with Crippen molar-refractivity contribution in [2.24, 2.45) is 0 Å². The van der Waals surface area contributed by atoms with E-state index in [9.17, 15) is 17.6 Å². The summed E-state index contributed by atoms with van der Waals surface area (Å²) in [6.07, 6.45) is -0.814. The van der Waals surface area contributed by atoms with Gasteiger partial charge in [-0.1, -0.05) is 0 Å². The van der Waals surface area contributed by atoms with Crippen molar-refractivity contribution in [1.29, 1.82) is 0 Å². The number of hydrogen-bond donors (Lipinski definition) is 1. The molecule has 4 heterocycles. The molecule has 11 heteroatoms. The molecule has 0 aromatic carbocycles. The van der Waals surface area contributed by atoms with Gasteiger partial charge in [-0.05, 0) is 12.5 Å². The molecule has 0 amide bonds. The first kappa shape index (κ1) is 18.5. The van der Waals surface area contributed by atoms with Crippen molar-refractivity contribution in [3.05, 3.63) is 18.3 Å². The number of ether oxygens (including phenoxy) is 1. The van der Waals surface area contributed by atoms with Crippen LogP contribution in [0.25, 0.3) is 11.3 Å². The molecule has 2 fully saturated rings. The lowest BCUT2D eigenvalue weighted by Crippen LogP contribution is -2.38. The van der Waals surface area contributed by atoms with Crippen LogP contribution in [0.3, 0.4) is 0 Å². The first-order chi connectivity index (χ1) is 13.4. The number of nitrogen functional groups attached to an aromatic ring is 1. The lowest BCUT2D eigenvalue weighted by Gasteiger charge is -2.32. The highest BCUT2D eigenvalue weighted by molar-refractivity contribution is 5.68. The number of nitrogens with zero attached hydrogens (tertiary/aromatic N) is 5. The van der Waals surface area contributed by atoms with E-state index in [4.69, 9.17) is 5.73 Å². The molecule has 2 aromatic rings. The van der Waals surface area contributed by atoms with Gasteiger partial charge in [0.2, 0.25) is 5.95 Å². The van der Waals surface area contributed by atoms with Crippen molar-refractivity contribution in [2.45, 2.75) is 25.4 Å². The van der Waals surface area contributed by atoms with Crippen molar-refractivity contribution in [3.63, 3.8) is 0 Å². The molecule has 0 saturated carbocycles. The first-order valence-corrected chi connectivity index (χ1v) is 8.78. The number of aromatic nitrogens is 3. The molecule has 7 nitrogen and oxygen atoms in total. The molecule has 150 valence electrons. The minimum atomic E-state index is -3.05. The third kappa shape index (κ3) is 3.60. The van der Waals surface area contributed by atoms with E-state index in [1.165, 1.54) is 17.2 Å². The quantitative estimate of drug-likeness (QED) is 0.775. The summed E-state index contributed by atoms with van der Waals surface area (Å²) in [5.41, 5.74) is 6.33. The van der Waals surface area contributed by atoms with Gasteiger partial charge in [0.15, 0.2) is 23.9 Å².